The first kappa shape index (κ1) is 28.4. The molecule has 206 valence electrons. The Hall–Kier alpha value is -2.57. The van der Waals surface area contributed by atoms with Gasteiger partial charge in [0.05, 0.1) is 11.2 Å². The van der Waals surface area contributed by atoms with Crippen molar-refractivity contribution in [2.75, 3.05) is 37.6 Å². The average Bonchev–Trinajstić information content (AvgIpc) is 3.51. The molecule has 1 amide bonds. The number of aromatic amines is 1. The van der Waals surface area contributed by atoms with E-state index < -0.39 is 0 Å². The van der Waals surface area contributed by atoms with Gasteiger partial charge in [0.2, 0.25) is 0 Å². The van der Waals surface area contributed by atoms with Gasteiger partial charge in [0.1, 0.15) is 11.5 Å². The van der Waals surface area contributed by atoms with E-state index >= 15 is 0 Å². The summed E-state index contributed by atoms with van der Waals surface area (Å²) in [5.41, 5.74) is 3.75. The van der Waals surface area contributed by atoms with E-state index in [2.05, 4.69) is 42.9 Å². The van der Waals surface area contributed by atoms with E-state index in [4.69, 9.17) is 11.6 Å². The summed E-state index contributed by atoms with van der Waals surface area (Å²) in [6, 6.07) is 12.5. The molecular formula is C31H42ClFN4O. The summed E-state index contributed by atoms with van der Waals surface area (Å²) in [6.45, 7) is 13.9. The van der Waals surface area contributed by atoms with E-state index in [9.17, 15) is 9.18 Å². The van der Waals surface area contributed by atoms with Crippen LogP contribution in [0.15, 0.2) is 42.5 Å². The third kappa shape index (κ3) is 7.51. The molecule has 2 N–H and O–H groups in total. The van der Waals surface area contributed by atoms with Crippen molar-refractivity contribution in [3.63, 3.8) is 0 Å². The van der Waals surface area contributed by atoms with Gasteiger partial charge in [0, 0.05) is 49.7 Å². The molecule has 0 spiro atoms. The molecule has 0 radical (unpaired) electrons. The fourth-order valence-electron chi connectivity index (χ4n) is 5.11. The van der Waals surface area contributed by atoms with Gasteiger partial charge < -0.3 is 20.1 Å². The van der Waals surface area contributed by atoms with E-state index in [0.717, 1.165) is 74.1 Å². The normalized spacial score (nSPS) is 15.8. The first-order chi connectivity index (χ1) is 18.2. The summed E-state index contributed by atoms with van der Waals surface area (Å²) < 4.78 is 13.1. The lowest BCUT2D eigenvalue weighted by atomic mass is 10.1. The zero-order valence-electron chi connectivity index (χ0n) is 23.2. The van der Waals surface area contributed by atoms with Gasteiger partial charge in [-0.2, -0.15) is 0 Å². The number of benzene rings is 2. The zero-order valence-corrected chi connectivity index (χ0v) is 24.0. The van der Waals surface area contributed by atoms with Gasteiger partial charge >= 0.3 is 0 Å². The number of hydrogen-bond acceptors (Lipinski definition) is 3. The van der Waals surface area contributed by atoms with E-state index in [1.807, 2.05) is 23.1 Å². The quantitative estimate of drug-likeness (QED) is 0.257. The van der Waals surface area contributed by atoms with Gasteiger partial charge in [-0.3, -0.25) is 4.79 Å². The molecule has 0 aliphatic carbocycles. The Bertz CT molecular complexity index is 1190. The van der Waals surface area contributed by atoms with Gasteiger partial charge in [-0.05, 0) is 72.9 Å². The van der Waals surface area contributed by atoms with Crippen LogP contribution in [0, 0.1) is 23.6 Å². The first-order valence-corrected chi connectivity index (χ1v) is 14.4. The summed E-state index contributed by atoms with van der Waals surface area (Å²) >= 11 is 6.57. The molecule has 1 aromatic heterocycles. The molecule has 1 atom stereocenters. The second-order valence-corrected chi connectivity index (χ2v) is 12.0. The third-order valence-electron chi connectivity index (χ3n) is 7.44. The van der Waals surface area contributed by atoms with Crippen LogP contribution >= 0.6 is 11.6 Å². The molecule has 0 bridgehead atoms. The lowest BCUT2D eigenvalue weighted by Crippen LogP contribution is -2.31. The monoisotopic (exact) mass is 540 g/mol. The number of hydrogen-bond donors (Lipinski definition) is 2. The topological polar surface area (TPSA) is 51.4 Å². The number of likely N-dealkylation sites (tertiary alicyclic amines) is 1. The number of anilines is 1. The van der Waals surface area contributed by atoms with Crippen molar-refractivity contribution in [3.05, 3.63) is 64.6 Å². The minimum absolute atomic E-state index is 0.0419. The molecule has 1 saturated heterocycles. The van der Waals surface area contributed by atoms with Crippen molar-refractivity contribution >= 4 is 34.1 Å². The minimum atomic E-state index is -0.219. The molecule has 1 unspecified atom stereocenters. The minimum Gasteiger partial charge on any atom is -0.370 e. The molecule has 7 heteroatoms. The standard InChI is InChI=1S/C31H42ClFN4O/c1-21(2)9-12-36(13-10-22(3)4)29-17-26(32)15-25-16-28(35-30(25)29)31(38)37-14-11-24(20-37)19-34-18-23-5-7-27(33)8-6-23/h5-8,15-17,21-22,24,34-35H,9-14,18-20H2,1-4H3. The fourth-order valence-corrected chi connectivity index (χ4v) is 5.33. The van der Waals surface area contributed by atoms with E-state index in [0.29, 0.717) is 35.0 Å². The van der Waals surface area contributed by atoms with Crippen LogP contribution in [-0.4, -0.2) is 48.5 Å². The highest BCUT2D eigenvalue weighted by molar-refractivity contribution is 6.32. The number of aromatic nitrogens is 1. The summed E-state index contributed by atoms with van der Waals surface area (Å²) in [5, 5.41) is 5.13. The predicted octanol–water partition coefficient (Wildman–Crippen LogP) is 7.11. The van der Waals surface area contributed by atoms with Gasteiger partial charge in [-0.25, -0.2) is 4.39 Å². The van der Waals surface area contributed by atoms with Crippen LogP contribution in [0.4, 0.5) is 10.1 Å². The molecule has 1 aliphatic rings. The maximum absolute atomic E-state index is 13.5. The lowest BCUT2D eigenvalue weighted by Gasteiger charge is -2.27. The number of rotatable bonds is 12. The van der Waals surface area contributed by atoms with E-state index in [1.165, 1.54) is 12.1 Å². The average molecular weight is 541 g/mol. The van der Waals surface area contributed by atoms with Crippen molar-refractivity contribution < 1.29 is 9.18 Å². The number of nitrogens with zero attached hydrogens (tertiary/aromatic N) is 2. The third-order valence-corrected chi connectivity index (χ3v) is 7.66. The van der Waals surface area contributed by atoms with Gasteiger partial charge in [0.25, 0.3) is 5.91 Å². The molecule has 4 rings (SSSR count). The Kier molecular flexibility index (Phi) is 9.72. The predicted molar refractivity (Wildman–Crippen MR) is 157 cm³/mol. The largest absolute Gasteiger partial charge is 0.370 e. The number of H-pyrrole nitrogens is 1. The van der Waals surface area contributed by atoms with Crippen LogP contribution < -0.4 is 10.2 Å². The zero-order chi connectivity index (χ0) is 27.2. The molecule has 3 aromatic rings. The highest BCUT2D eigenvalue weighted by Crippen LogP contribution is 2.33. The van der Waals surface area contributed by atoms with Crippen LogP contribution in [-0.2, 0) is 6.54 Å². The molecule has 1 fully saturated rings. The fraction of sp³-hybridized carbons (Fsp3) is 0.516. The highest BCUT2D eigenvalue weighted by atomic mass is 35.5. The van der Waals surface area contributed by atoms with Gasteiger partial charge in [-0.1, -0.05) is 51.4 Å². The molecular weight excluding hydrogens is 499 g/mol. The van der Waals surface area contributed by atoms with Crippen LogP contribution in [0.2, 0.25) is 5.02 Å². The molecule has 0 saturated carbocycles. The molecule has 1 aliphatic heterocycles. The Morgan fingerprint density at radius 3 is 2.45 bits per heavy atom. The summed E-state index contributed by atoms with van der Waals surface area (Å²) in [4.78, 5) is 21.3. The summed E-state index contributed by atoms with van der Waals surface area (Å²) in [6.07, 6.45) is 3.17. The smallest absolute Gasteiger partial charge is 0.270 e. The molecule has 38 heavy (non-hydrogen) atoms. The van der Waals surface area contributed by atoms with Crippen LogP contribution in [0.5, 0.6) is 0 Å². The highest BCUT2D eigenvalue weighted by Gasteiger charge is 2.28. The number of halogens is 2. The number of amides is 1. The van der Waals surface area contributed by atoms with Crippen molar-refractivity contribution in [1.82, 2.24) is 15.2 Å². The van der Waals surface area contributed by atoms with Crippen molar-refractivity contribution in [2.45, 2.75) is 53.5 Å². The summed E-state index contributed by atoms with van der Waals surface area (Å²) in [7, 11) is 0. The molecule has 5 nitrogen and oxygen atoms in total. The molecule has 2 aromatic carbocycles. The van der Waals surface area contributed by atoms with Crippen LogP contribution in [0.1, 0.15) is 63.0 Å². The van der Waals surface area contributed by atoms with Gasteiger partial charge in [-0.15, -0.1) is 0 Å². The second kappa shape index (κ2) is 13.0. The van der Waals surface area contributed by atoms with Crippen LogP contribution in [0.25, 0.3) is 10.9 Å². The second-order valence-electron chi connectivity index (χ2n) is 11.6. The lowest BCUT2D eigenvalue weighted by molar-refractivity contribution is 0.0782. The van der Waals surface area contributed by atoms with E-state index in [1.54, 1.807) is 12.1 Å². The maximum atomic E-state index is 13.5. The molecule has 2 heterocycles. The Morgan fingerprint density at radius 2 is 1.79 bits per heavy atom. The van der Waals surface area contributed by atoms with Crippen molar-refractivity contribution in [1.29, 1.82) is 0 Å². The Morgan fingerprint density at radius 1 is 1.11 bits per heavy atom. The number of carbonyl (C=O) groups is 1. The number of carbonyl (C=O) groups excluding carboxylic acids is 1. The van der Waals surface area contributed by atoms with Crippen molar-refractivity contribution in [2.24, 2.45) is 17.8 Å². The van der Waals surface area contributed by atoms with Crippen molar-refractivity contribution in [3.8, 4) is 0 Å². The maximum Gasteiger partial charge on any atom is 0.270 e. The Balaban J connectivity index is 1.44. The number of fused-ring (bicyclic) bond motifs is 1. The first-order valence-electron chi connectivity index (χ1n) is 14.0. The SMILES string of the molecule is CC(C)CCN(CCC(C)C)c1cc(Cl)cc2cc(C(=O)N3CCC(CNCc4ccc(F)cc4)C3)[nH]c12. The number of nitrogens with one attached hydrogen (secondary N) is 2. The van der Waals surface area contributed by atoms with Gasteiger partial charge in [0.15, 0.2) is 0 Å². The Labute approximate surface area is 231 Å². The van der Waals surface area contributed by atoms with Crippen LogP contribution in [0.3, 0.4) is 0 Å². The van der Waals surface area contributed by atoms with E-state index in [-0.39, 0.29) is 11.7 Å². The summed E-state index contributed by atoms with van der Waals surface area (Å²) in [5.74, 6) is 1.45.